The van der Waals surface area contributed by atoms with Crippen LogP contribution in [0.4, 0.5) is 0 Å². The largest absolute Gasteiger partial charge is 0.397 e. The SMILES string of the molecule is CCCCCCCCCCCCCC(C)CC(C)(C)[Si](CC(CC)CC)(OC)OC. The summed E-state index contributed by atoms with van der Waals surface area (Å²) in [4.78, 5) is 0. The van der Waals surface area contributed by atoms with Gasteiger partial charge in [-0.15, -0.1) is 0 Å². The van der Waals surface area contributed by atoms with E-state index in [1.165, 1.54) is 96.3 Å². The average molecular weight is 443 g/mol. The van der Waals surface area contributed by atoms with Crippen molar-refractivity contribution in [1.29, 1.82) is 0 Å². The van der Waals surface area contributed by atoms with Gasteiger partial charge in [-0.1, -0.05) is 131 Å². The Morgan fingerprint density at radius 2 is 1.13 bits per heavy atom. The first-order valence-electron chi connectivity index (χ1n) is 13.4. The van der Waals surface area contributed by atoms with Gasteiger partial charge in [-0.25, -0.2) is 0 Å². The van der Waals surface area contributed by atoms with Crippen LogP contribution in [0.2, 0.25) is 11.1 Å². The summed E-state index contributed by atoms with van der Waals surface area (Å²) >= 11 is 0. The zero-order chi connectivity index (χ0) is 22.9. The molecule has 182 valence electrons. The monoisotopic (exact) mass is 442 g/mol. The molecule has 1 unspecified atom stereocenters. The minimum absolute atomic E-state index is 0.149. The smallest absolute Gasteiger partial charge is 0.343 e. The van der Waals surface area contributed by atoms with Gasteiger partial charge in [0.1, 0.15) is 0 Å². The van der Waals surface area contributed by atoms with Crippen molar-refractivity contribution in [3.63, 3.8) is 0 Å². The van der Waals surface area contributed by atoms with Crippen molar-refractivity contribution >= 4 is 8.56 Å². The number of rotatable bonds is 21. The maximum absolute atomic E-state index is 6.21. The molecule has 0 aliphatic rings. The van der Waals surface area contributed by atoms with Crippen LogP contribution in [0.15, 0.2) is 0 Å². The zero-order valence-corrected chi connectivity index (χ0v) is 23.3. The third-order valence-corrected chi connectivity index (χ3v) is 12.3. The molecular formula is C27H58O2Si. The molecule has 0 spiro atoms. The summed E-state index contributed by atoms with van der Waals surface area (Å²) in [6.07, 6.45) is 20.7. The summed E-state index contributed by atoms with van der Waals surface area (Å²) in [6.45, 7) is 14.2. The number of unbranched alkanes of at least 4 members (excludes halogenated alkanes) is 10. The van der Waals surface area contributed by atoms with E-state index >= 15 is 0 Å². The van der Waals surface area contributed by atoms with Gasteiger partial charge < -0.3 is 8.85 Å². The van der Waals surface area contributed by atoms with E-state index in [1.807, 2.05) is 14.2 Å². The van der Waals surface area contributed by atoms with E-state index in [-0.39, 0.29) is 5.04 Å². The molecule has 0 aliphatic heterocycles. The molecule has 1 atom stereocenters. The van der Waals surface area contributed by atoms with Crippen molar-refractivity contribution < 1.29 is 8.85 Å². The summed E-state index contributed by atoms with van der Waals surface area (Å²) < 4.78 is 12.4. The van der Waals surface area contributed by atoms with Crippen molar-refractivity contribution in [3.8, 4) is 0 Å². The van der Waals surface area contributed by atoms with Gasteiger partial charge in [-0.3, -0.25) is 0 Å². The molecule has 0 amide bonds. The van der Waals surface area contributed by atoms with Gasteiger partial charge in [0.2, 0.25) is 0 Å². The fourth-order valence-electron chi connectivity index (χ4n) is 5.32. The predicted molar refractivity (Wildman–Crippen MR) is 138 cm³/mol. The van der Waals surface area contributed by atoms with E-state index in [0.29, 0.717) is 0 Å². The molecular weight excluding hydrogens is 384 g/mol. The third-order valence-electron chi connectivity index (χ3n) is 7.56. The van der Waals surface area contributed by atoms with Gasteiger partial charge in [0.05, 0.1) is 0 Å². The third kappa shape index (κ3) is 11.7. The van der Waals surface area contributed by atoms with E-state index in [0.717, 1.165) is 17.9 Å². The van der Waals surface area contributed by atoms with Gasteiger partial charge in [0, 0.05) is 19.3 Å². The van der Waals surface area contributed by atoms with Gasteiger partial charge in [0.15, 0.2) is 0 Å². The Bertz CT molecular complexity index is 375. The second-order valence-electron chi connectivity index (χ2n) is 10.6. The van der Waals surface area contributed by atoms with Crippen LogP contribution >= 0.6 is 0 Å². The van der Waals surface area contributed by atoms with Crippen LogP contribution in [0, 0.1) is 11.8 Å². The van der Waals surface area contributed by atoms with Crippen LogP contribution in [-0.2, 0) is 8.85 Å². The first-order chi connectivity index (χ1) is 14.3. The summed E-state index contributed by atoms with van der Waals surface area (Å²) in [5, 5.41) is 0.149. The first-order valence-corrected chi connectivity index (χ1v) is 15.4. The van der Waals surface area contributed by atoms with Crippen LogP contribution in [0.3, 0.4) is 0 Å². The lowest BCUT2D eigenvalue weighted by molar-refractivity contribution is 0.189. The number of hydrogen-bond donors (Lipinski definition) is 0. The molecule has 0 radical (unpaired) electrons. The quantitative estimate of drug-likeness (QED) is 0.130. The minimum Gasteiger partial charge on any atom is -0.397 e. The Balaban J connectivity index is 4.20. The fraction of sp³-hybridized carbons (Fsp3) is 1.00. The molecule has 0 aromatic carbocycles. The Morgan fingerprint density at radius 1 is 0.700 bits per heavy atom. The van der Waals surface area contributed by atoms with Crippen molar-refractivity contribution in [3.05, 3.63) is 0 Å². The van der Waals surface area contributed by atoms with E-state index < -0.39 is 8.56 Å². The molecule has 2 nitrogen and oxygen atoms in total. The van der Waals surface area contributed by atoms with Crippen LogP contribution in [0.25, 0.3) is 0 Å². The van der Waals surface area contributed by atoms with Crippen molar-refractivity contribution in [2.45, 2.75) is 149 Å². The Hall–Kier alpha value is 0.137. The molecule has 0 aromatic rings. The first kappa shape index (κ1) is 30.1. The minimum atomic E-state index is -2.22. The topological polar surface area (TPSA) is 18.5 Å². The molecule has 0 bridgehead atoms. The highest BCUT2D eigenvalue weighted by atomic mass is 28.4. The second kappa shape index (κ2) is 17.7. The summed E-state index contributed by atoms with van der Waals surface area (Å²) in [6, 6.07) is 1.13. The summed E-state index contributed by atoms with van der Waals surface area (Å²) in [5.74, 6) is 1.47. The van der Waals surface area contributed by atoms with Crippen molar-refractivity contribution in [1.82, 2.24) is 0 Å². The van der Waals surface area contributed by atoms with Gasteiger partial charge in [0.25, 0.3) is 0 Å². The molecule has 0 aromatic heterocycles. The molecule has 0 heterocycles. The van der Waals surface area contributed by atoms with Gasteiger partial charge >= 0.3 is 8.56 Å². The lowest BCUT2D eigenvalue weighted by Gasteiger charge is -2.44. The molecule has 0 N–H and O–H groups in total. The van der Waals surface area contributed by atoms with E-state index in [2.05, 4.69) is 41.5 Å². The Morgan fingerprint density at radius 3 is 1.53 bits per heavy atom. The highest BCUT2D eigenvalue weighted by molar-refractivity contribution is 6.70. The molecule has 0 saturated carbocycles. The van der Waals surface area contributed by atoms with Crippen LogP contribution in [-0.4, -0.2) is 22.8 Å². The normalized spacial score (nSPS) is 13.9. The molecule has 3 heteroatoms. The van der Waals surface area contributed by atoms with E-state index in [1.54, 1.807) is 0 Å². The Kier molecular flexibility index (Phi) is 17.7. The molecule has 0 saturated heterocycles. The van der Waals surface area contributed by atoms with Crippen molar-refractivity contribution in [2.75, 3.05) is 14.2 Å². The number of hydrogen-bond acceptors (Lipinski definition) is 2. The standard InChI is InChI=1S/C27H58O2Si/c1-9-12-13-14-15-16-17-18-19-20-21-22-25(4)23-27(5,6)30(28-7,29-8)24-26(10-2)11-3/h25-26H,9-24H2,1-8H3. The zero-order valence-electron chi connectivity index (χ0n) is 22.3. The predicted octanol–water partition coefficient (Wildman–Crippen LogP) is 9.67. The molecule has 0 aliphatic carbocycles. The average Bonchev–Trinajstić information content (AvgIpc) is 2.72. The van der Waals surface area contributed by atoms with Crippen LogP contribution < -0.4 is 0 Å². The fourth-order valence-corrected chi connectivity index (χ4v) is 9.48. The van der Waals surface area contributed by atoms with E-state index in [9.17, 15) is 0 Å². The lowest BCUT2D eigenvalue weighted by Crippen LogP contribution is -2.51. The Labute approximate surface area is 192 Å². The van der Waals surface area contributed by atoms with Gasteiger partial charge in [-0.05, 0) is 24.3 Å². The molecule has 0 rings (SSSR count). The van der Waals surface area contributed by atoms with Crippen LogP contribution in [0.1, 0.15) is 138 Å². The van der Waals surface area contributed by atoms with Crippen LogP contribution in [0.5, 0.6) is 0 Å². The maximum atomic E-state index is 6.21. The highest BCUT2D eigenvalue weighted by Crippen LogP contribution is 2.48. The summed E-state index contributed by atoms with van der Waals surface area (Å²) in [5.41, 5.74) is 0. The molecule has 0 fully saturated rings. The second-order valence-corrected chi connectivity index (χ2v) is 14.6. The lowest BCUT2D eigenvalue weighted by atomic mass is 9.92. The maximum Gasteiger partial charge on any atom is 0.343 e. The van der Waals surface area contributed by atoms with Gasteiger partial charge in [-0.2, -0.15) is 0 Å². The van der Waals surface area contributed by atoms with E-state index in [4.69, 9.17) is 8.85 Å². The molecule has 30 heavy (non-hydrogen) atoms. The van der Waals surface area contributed by atoms with Crippen molar-refractivity contribution in [2.24, 2.45) is 11.8 Å². The highest BCUT2D eigenvalue weighted by Gasteiger charge is 2.51. The summed E-state index contributed by atoms with van der Waals surface area (Å²) in [7, 11) is 1.57.